The van der Waals surface area contributed by atoms with Crippen molar-refractivity contribution in [2.24, 2.45) is 5.84 Å². The summed E-state index contributed by atoms with van der Waals surface area (Å²) in [5, 5.41) is 4.20. The van der Waals surface area contributed by atoms with Gasteiger partial charge in [-0.15, -0.1) is 11.6 Å². The Bertz CT molecular complexity index is 261. The van der Waals surface area contributed by atoms with Crippen LogP contribution in [0.4, 0.5) is 0 Å². The first kappa shape index (κ1) is 11.5. The van der Waals surface area contributed by atoms with Gasteiger partial charge in [-0.1, -0.05) is 0 Å². The SMILES string of the molecule is CCn1nccc1C(CCCCl)NN. The van der Waals surface area contributed by atoms with E-state index in [4.69, 9.17) is 17.4 Å². The van der Waals surface area contributed by atoms with Gasteiger partial charge < -0.3 is 0 Å². The lowest BCUT2D eigenvalue weighted by Crippen LogP contribution is -2.30. The number of rotatable bonds is 6. The molecule has 1 aromatic heterocycles. The van der Waals surface area contributed by atoms with Crippen molar-refractivity contribution in [3.05, 3.63) is 18.0 Å². The predicted octanol–water partition coefficient (Wildman–Crippen LogP) is 1.43. The molecule has 0 spiro atoms. The lowest BCUT2D eigenvalue weighted by molar-refractivity contribution is 0.463. The van der Waals surface area contributed by atoms with Crippen LogP contribution in [0.15, 0.2) is 12.3 Å². The summed E-state index contributed by atoms with van der Waals surface area (Å²) >= 11 is 5.65. The summed E-state index contributed by atoms with van der Waals surface area (Å²) in [5.41, 5.74) is 3.92. The fourth-order valence-electron chi connectivity index (χ4n) is 1.50. The molecule has 1 atom stereocenters. The van der Waals surface area contributed by atoms with Crippen LogP contribution in [0.2, 0.25) is 0 Å². The second-order valence-electron chi connectivity index (χ2n) is 3.12. The van der Waals surface area contributed by atoms with Crippen LogP contribution in [-0.4, -0.2) is 15.7 Å². The van der Waals surface area contributed by atoms with Crippen LogP contribution >= 0.6 is 11.6 Å². The first-order valence-corrected chi connectivity index (χ1v) is 5.40. The van der Waals surface area contributed by atoms with Crippen molar-refractivity contribution in [2.75, 3.05) is 5.88 Å². The van der Waals surface area contributed by atoms with Crippen LogP contribution < -0.4 is 11.3 Å². The van der Waals surface area contributed by atoms with Gasteiger partial charge in [0.2, 0.25) is 0 Å². The zero-order valence-corrected chi connectivity index (χ0v) is 9.17. The summed E-state index contributed by atoms with van der Waals surface area (Å²) in [4.78, 5) is 0. The van der Waals surface area contributed by atoms with Crippen LogP contribution in [-0.2, 0) is 6.54 Å². The molecule has 0 saturated carbocycles. The number of nitrogens with one attached hydrogen (secondary N) is 1. The highest BCUT2D eigenvalue weighted by atomic mass is 35.5. The number of aromatic nitrogens is 2. The Labute approximate surface area is 89.4 Å². The Morgan fingerprint density at radius 2 is 2.50 bits per heavy atom. The molecule has 5 heteroatoms. The van der Waals surface area contributed by atoms with Crippen LogP contribution in [0.3, 0.4) is 0 Å². The van der Waals surface area contributed by atoms with Crippen LogP contribution in [0.25, 0.3) is 0 Å². The molecular formula is C9H17ClN4. The number of aryl methyl sites for hydroxylation is 1. The lowest BCUT2D eigenvalue weighted by atomic mass is 10.1. The number of hydrazine groups is 1. The molecule has 0 amide bonds. The average molecular weight is 217 g/mol. The summed E-state index contributed by atoms with van der Waals surface area (Å²) in [6, 6.07) is 2.14. The summed E-state index contributed by atoms with van der Waals surface area (Å²) in [6.45, 7) is 2.92. The summed E-state index contributed by atoms with van der Waals surface area (Å²) in [5.74, 6) is 6.16. The van der Waals surface area contributed by atoms with E-state index in [-0.39, 0.29) is 6.04 Å². The molecule has 0 aliphatic carbocycles. The lowest BCUT2D eigenvalue weighted by Gasteiger charge is -2.16. The smallest absolute Gasteiger partial charge is 0.0629 e. The summed E-state index contributed by atoms with van der Waals surface area (Å²) < 4.78 is 1.94. The van der Waals surface area contributed by atoms with Crippen molar-refractivity contribution in [1.29, 1.82) is 0 Å². The zero-order chi connectivity index (χ0) is 10.4. The molecule has 1 aromatic rings. The van der Waals surface area contributed by atoms with Crippen molar-refractivity contribution in [2.45, 2.75) is 32.4 Å². The quantitative estimate of drug-likeness (QED) is 0.430. The largest absolute Gasteiger partial charge is 0.271 e. The molecule has 0 bridgehead atoms. The van der Waals surface area contributed by atoms with Crippen LogP contribution in [0.5, 0.6) is 0 Å². The van der Waals surface area contributed by atoms with Gasteiger partial charge in [-0.25, -0.2) is 0 Å². The highest BCUT2D eigenvalue weighted by molar-refractivity contribution is 6.17. The molecule has 1 rings (SSSR count). The summed E-state index contributed by atoms with van der Waals surface area (Å²) in [7, 11) is 0. The number of alkyl halides is 1. The van der Waals surface area contributed by atoms with E-state index in [0.717, 1.165) is 25.1 Å². The van der Waals surface area contributed by atoms with Crippen molar-refractivity contribution < 1.29 is 0 Å². The number of hydrogen-bond donors (Lipinski definition) is 2. The third-order valence-electron chi connectivity index (χ3n) is 2.23. The van der Waals surface area contributed by atoms with Crippen molar-refractivity contribution in [1.82, 2.24) is 15.2 Å². The number of halogens is 1. The van der Waals surface area contributed by atoms with Gasteiger partial charge in [0.15, 0.2) is 0 Å². The van der Waals surface area contributed by atoms with E-state index in [9.17, 15) is 0 Å². The Kier molecular flexibility index (Phi) is 4.93. The number of nitrogens with two attached hydrogens (primary N) is 1. The standard InChI is InChI=1S/C9H17ClN4/c1-2-14-9(5-7-12-14)8(13-11)4-3-6-10/h5,7-8,13H,2-4,6,11H2,1H3. The molecule has 1 unspecified atom stereocenters. The van der Waals surface area contributed by atoms with E-state index in [2.05, 4.69) is 17.4 Å². The molecule has 1 heterocycles. The van der Waals surface area contributed by atoms with E-state index >= 15 is 0 Å². The highest BCUT2D eigenvalue weighted by Gasteiger charge is 2.13. The molecule has 0 aromatic carbocycles. The third-order valence-corrected chi connectivity index (χ3v) is 2.50. The Balaban J connectivity index is 2.67. The van der Waals surface area contributed by atoms with E-state index in [1.165, 1.54) is 0 Å². The fraction of sp³-hybridized carbons (Fsp3) is 0.667. The van der Waals surface area contributed by atoms with Gasteiger partial charge in [-0.2, -0.15) is 5.10 Å². The maximum absolute atomic E-state index is 5.65. The molecule has 80 valence electrons. The van der Waals surface area contributed by atoms with Gasteiger partial charge in [-0.3, -0.25) is 16.0 Å². The van der Waals surface area contributed by atoms with E-state index in [0.29, 0.717) is 5.88 Å². The monoisotopic (exact) mass is 216 g/mol. The molecule has 0 radical (unpaired) electrons. The second-order valence-corrected chi connectivity index (χ2v) is 3.50. The van der Waals surface area contributed by atoms with Crippen molar-refractivity contribution in [3.8, 4) is 0 Å². The van der Waals surface area contributed by atoms with Gasteiger partial charge >= 0.3 is 0 Å². The highest BCUT2D eigenvalue weighted by Crippen LogP contribution is 2.17. The van der Waals surface area contributed by atoms with Gasteiger partial charge in [0.25, 0.3) is 0 Å². The van der Waals surface area contributed by atoms with Gasteiger partial charge in [0.05, 0.1) is 11.7 Å². The Hall–Kier alpha value is -0.580. The Morgan fingerprint density at radius 1 is 1.71 bits per heavy atom. The van der Waals surface area contributed by atoms with E-state index < -0.39 is 0 Å². The predicted molar refractivity (Wildman–Crippen MR) is 57.9 cm³/mol. The molecule has 3 N–H and O–H groups in total. The van der Waals surface area contributed by atoms with Crippen LogP contribution in [0, 0.1) is 0 Å². The molecule has 0 saturated heterocycles. The molecular weight excluding hydrogens is 200 g/mol. The minimum Gasteiger partial charge on any atom is -0.271 e. The topological polar surface area (TPSA) is 55.9 Å². The van der Waals surface area contributed by atoms with Gasteiger partial charge in [0.1, 0.15) is 0 Å². The average Bonchev–Trinajstić information content (AvgIpc) is 2.67. The summed E-state index contributed by atoms with van der Waals surface area (Å²) in [6.07, 6.45) is 3.68. The first-order chi connectivity index (χ1) is 6.83. The fourth-order valence-corrected chi connectivity index (χ4v) is 1.66. The molecule has 0 aliphatic rings. The van der Waals surface area contributed by atoms with E-state index in [1.54, 1.807) is 6.20 Å². The number of hydrogen-bond acceptors (Lipinski definition) is 3. The van der Waals surface area contributed by atoms with Crippen molar-refractivity contribution in [3.63, 3.8) is 0 Å². The molecule has 14 heavy (non-hydrogen) atoms. The molecule has 0 aliphatic heterocycles. The Morgan fingerprint density at radius 3 is 3.07 bits per heavy atom. The maximum Gasteiger partial charge on any atom is 0.0629 e. The second kappa shape index (κ2) is 6.01. The minimum atomic E-state index is 0.149. The molecule has 0 fully saturated rings. The van der Waals surface area contributed by atoms with E-state index in [1.807, 2.05) is 10.7 Å². The number of nitrogens with zero attached hydrogens (tertiary/aromatic N) is 2. The van der Waals surface area contributed by atoms with Gasteiger partial charge in [-0.05, 0) is 25.8 Å². The van der Waals surface area contributed by atoms with Crippen molar-refractivity contribution >= 4 is 11.6 Å². The van der Waals surface area contributed by atoms with Crippen LogP contribution in [0.1, 0.15) is 31.5 Å². The maximum atomic E-state index is 5.65. The first-order valence-electron chi connectivity index (χ1n) is 4.87. The molecule has 4 nitrogen and oxygen atoms in total. The minimum absolute atomic E-state index is 0.149. The van der Waals surface area contributed by atoms with Gasteiger partial charge in [0, 0.05) is 18.6 Å². The third kappa shape index (κ3) is 2.70. The zero-order valence-electron chi connectivity index (χ0n) is 8.41. The normalized spacial score (nSPS) is 13.1.